The van der Waals surface area contributed by atoms with Crippen LogP contribution in [0.25, 0.3) is 0 Å². The molecule has 1 atom stereocenters. The molecule has 1 unspecified atom stereocenters. The lowest BCUT2D eigenvalue weighted by Gasteiger charge is -2.49. The molecule has 3 rings (SSSR count). The van der Waals surface area contributed by atoms with E-state index >= 15 is 0 Å². The van der Waals surface area contributed by atoms with E-state index < -0.39 is 0 Å². The van der Waals surface area contributed by atoms with Gasteiger partial charge in [0.2, 0.25) is 0 Å². The zero-order valence-corrected chi connectivity index (χ0v) is 11.5. The van der Waals surface area contributed by atoms with Crippen LogP contribution in [0.3, 0.4) is 0 Å². The van der Waals surface area contributed by atoms with Crippen LogP contribution in [0.1, 0.15) is 32.1 Å². The zero-order chi connectivity index (χ0) is 13.1. The van der Waals surface area contributed by atoms with E-state index in [-0.39, 0.29) is 5.79 Å². The molecule has 0 saturated carbocycles. The largest absolute Gasteiger partial charge is 0.276 e. The van der Waals surface area contributed by atoms with Crippen LogP contribution in [0.5, 0.6) is 0 Å². The van der Waals surface area contributed by atoms with Crippen LogP contribution in [-0.2, 0) is 0 Å². The summed E-state index contributed by atoms with van der Waals surface area (Å²) in [7, 11) is 0. The van der Waals surface area contributed by atoms with Crippen molar-refractivity contribution in [2.24, 2.45) is 5.84 Å². The van der Waals surface area contributed by atoms with Crippen molar-refractivity contribution in [3.8, 4) is 0 Å². The van der Waals surface area contributed by atoms with E-state index in [0.717, 1.165) is 31.7 Å². The maximum atomic E-state index is 6.48. The molecule has 1 aromatic carbocycles. The summed E-state index contributed by atoms with van der Waals surface area (Å²) in [6.45, 7) is 3.16. The first kappa shape index (κ1) is 12.9. The Morgan fingerprint density at radius 3 is 2.42 bits per heavy atom. The fourth-order valence-electron chi connectivity index (χ4n) is 3.29. The molecule has 2 heterocycles. The maximum Gasteiger partial charge on any atom is 0.177 e. The summed E-state index contributed by atoms with van der Waals surface area (Å²) in [4.78, 5) is 2.47. The number of para-hydroxylation sites is 1. The van der Waals surface area contributed by atoms with Gasteiger partial charge in [-0.3, -0.25) is 9.91 Å². The van der Waals surface area contributed by atoms with Gasteiger partial charge in [-0.05, 0) is 37.8 Å². The molecule has 1 aromatic rings. The highest BCUT2D eigenvalue weighted by molar-refractivity contribution is 5.46. The lowest BCUT2D eigenvalue weighted by Crippen LogP contribution is -2.69. The molecule has 0 aromatic heterocycles. The SMILES string of the molecule is NN(c1ccccc1)C1(N2CCCC2)CCCC[N]1. The quantitative estimate of drug-likeness (QED) is 0.666. The summed E-state index contributed by atoms with van der Waals surface area (Å²) in [5.41, 5.74) is 1.06. The van der Waals surface area contributed by atoms with Gasteiger partial charge in [-0.2, -0.15) is 5.32 Å². The Labute approximate surface area is 115 Å². The third-order valence-electron chi connectivity index (χ3n) is 4.32. The molecule has 0 spiro atoms. The lowest BCUT2D eigenvalue weighted by molar-refractivity contribution is 0.0415. The molecule has 2 N–H and O–H groups in total. The highest BCUT2D eigenvalue weighted by Crippen LogP contribution is 2.33. The minimum absolute atomic E-state index is 0.309. The van der Waals surface area contributed by atoms with Gasteiger partial charge in [0.25, 0.3) is 0 Å². The average Bonchev–Trinajstić information content (AvgIpc) is 3.03. The zero-order valence-electron chi connectivity index (χ0n) is 11.5. The van der Waals surface area contributed by atoms with Crippen LogP contribution in [0.4, 0.5) is 5.69 Å². The maximum absolute atomic E-state index is 6.48. The van der Waals surface area contributed by atoms with Crippen LogP contribution in [0.15, 0.2) is 30.3 Å². The molecule has 0 amide bonds. The number of likely N-dealkylation sites (tertiary alicyclic amines) is 1. The van der Waals surface area contributed by atoms with E-state index in [2.05, 4.69) is 17.0 Å². The molecule has 103 valence electrons. The second kappa shape index (κ2) is 5.49. The molecule has 2 aliphatic heterocycles. The normalized spacial score (nSPS) is 28.5. The summed E-state index contributed by atoms with van der Waals surface area (Å²) < 4.78 is 0. The van der Waals surface area contributed by atoms with Gasteiger partial charge in [-0.1, -0.05) is 18.2 Å². The summed E-state index contributed by atoms with van der Waals surface area (Å²) >= 11 is 0. The van der Waals surface area contributed by atoms with Crippen molar-refractivity contribution in [1.29, 1.82) is 0 Å². The van der Waals surface area contributed by atoms with Crippen molar-refractivity contribution in [3.05, 3.63) is 30.3 Å². The van der Waals surface area contributed by atoms with Gasteiger partial charge in [0.15, 0.2) is 5.79 Å². The Morgan fingerprint density at radius 2 is 1.79 bits per heavy atom. The van der Waals surface area contributed by atoms with Crippen molar-refractivity contribution in [1.82, 2.24) is 10.2 Å². The van der Waals surface area contributed by atoms with E-state index in [1.54, 1.807) is 0 Å². The van der Waals surface area contributed by atoms with Gasteiger partial charge in [0, 0.05) is 26.1 Å². The fourth-order valence-corrected chi connectivity index (χ4v) is 3.29. The van der Waals surface area contributed by atoms with Crippen molar-refractivity contribution < 1.29 is 0 Å². The lowest BCUT2D eigenvalue weighted by atomic mass is 10.0. The molecule has 4 heteroatoms. The van der Waals surface area contributed by atoms with Gasteiger partial charge in [0.1, 0.15) is 0 Å². The number of benzene rings is 1. The second-order valence-electron chi connectivity index (χ2n) is 5.51. The topological polar surface area (TPSA) is 46.6 Å². The van der Waals surface area contributed by atoms with Crippen LogP contribution in [0, 0.1) is 0 Å². The Morgan fingerprint density at radius 1 is 1.05 bits per heavy atom. The molecular formula is C15H23N4. The standard InChI is InChI=1S/C15H23N4/c16-19(14-8-2-1-3-9-14)15(10-4-5-11-17-15)18-12-6-7-13-18/h1-3,8-9H,4-7,10-13,16H2. The number of rotatable bonds is 3. The molecule has 1 radical (unpaired) electrons. The number of nitrogens with zero attached hydrogens (tertiary/aromatic N) is 3. The predicted molar refractivity (Wildman–Crippen MR) is 77.5 cm³/mol. The van der Waals surface area contributed by atoms with E-state index in [0.29, 0.717) is 0 Å². The van der Waals surface area contributed by atoms with Gasteiger partial charge in [-0.25, -0.2) is 5.84 Å². The molecule has 0 bridgehead atoms. The summed E-state index contributed by atoms with van der Waals surface area (Å²) in [6.07, 6.45) is 5.97. The van der Waals surface area contributed by atoms with E-state index in [4.69, 9.17) is 11.2 Å². The molecule has 4 nitrogen and oxygen atoms in total. The second-order valence-corrected chi connectivity index (χ2v) is 5.51. The molecule has 19 heavy (non-hydrogen) atoms. The molecule has 2 fully saturated rings. The highest BCUT2D eigenvalue weighted by Gasteiger charge is 2.44. The smallest absolute Gasteiger partial charge is 0.177 e. The van der Waals surface area contributed by atoms with E-state index in [9.17, 15) is 0 Å². The van der Waals surface area contributed by atoms with Crippen molar-refractivity contribution in [3.63, 3.8) is 0 Å². The Hall–Kier alpha value is -1.10. The minimum atomic E-state index is -0.309. The first-order valence-corrected chi connectivity index (χ1v) is 7.37. The molecule has 0 aliphatic carbocycles. The van der Waals surface area contributed by atoms with Gasteiger partial charge in [0.05, 0.1) is 5.69 Å². The van der Waals surface area contributed by atoms with Crippen LogP contribution >= 0.6 is 0 Å². The van der Waals surface area contributed by atoms with Crippen LogP contribution in [0.2, 0.25) is 0 Å². The average molecular weight is 259 g/mol. The van der Waals surface area contributed by atoms with Crippen LogP contribution in [-0.4, -0.2) is 30.3 Å². The first-order valence-electron chi connectivity index (χ1n) is 7.37. The van der Waals surface area contributed by atoms with Gasteiger partial charge >= 0.3 is 0 Å². The Bertz CT molecular complexity index is 394. The monoisotopic (exact) mass is 259 g/mol. The highest BCUT2D eigenvalue weighted by atomic mass is 15.6. The molecular weight excluding hydrogens is 236 g/mol. The van der Waals surface area contributed by atoms with Crippen molar-refractivity contribution >= 4 is 5.69 Å². The van der Waals surface area contributed by atoms with Crippen LogP contribution < -0.4 is 16.2 Å². The number of hydrogen-bond acceptors (Lipinski definition) is 3. The number of hydrazine groups is 1. The summed E-state index contributed by atoms with van der Waals surface area (Å²) in [5, 5.41) is 6.85. The number of piperidine rings is 1. The van der Waals surface area contributed by atoms with Crippen molar-refractivity contribution in [2.45, 2.75) is 37.9 Å². The Balaban J connectivity index is 1.89. The van der Waals surface area contributed by atoms with Crippen molar-refractivity contribution in [2.75, 3.05) is 24.6 Å². The van der Waals surface area contributed by atoms with E-state index in [1.165, 1.54) is 25.7 Å². The summed E-state index contributed by atoms with van der Waals surface area (Å²) in [5.74, 6) is 6.17. The molecule has 2 saturated heterocycles. The summed E-state index contributed by atoms with van der Waals surface area (Å²) in [6, 6.07) is 10.2. The first-order chi connectivity index (χ1) is 9.33. The Kier molecular flexibility index (Phi) is 3.73. The number of nitrogens with two attached hydrogens (primary N) is 1. The van der Waals surface area contributed by atoms with Gasteiger partial charge in [-0.15, -0.1) is 0 Å². The fraction of sp³-hybridized carbons (Fsp3) is 0.600. The predicted octanol–water partition coefficient (Wildman–Crippen LogP) is 1.90. The van der Waals surface area contributed by atoms with Gasteiger partial charge < -0.3 is 0 Å². The third kappa shape index (κ3) is 2.36. The van der Waals surface area contributed by atoms with E-state index in [1.807, 2.05) is 23.2 Å². The minimum Gasteiger partial charge on any atom is -0.276 e. The molecule has 2 aliphatic rings. The number of anilines is 1. The third-order valence-corrected chi connectivity index (χ3v) is 4.32. The number of hydrogen-bond donors (Lipinski definition) is 1.